The van der Waals surface area contributed by atoms with Crippen molar-refractivity contribution in [2.75, 3.05) is 0 Å². The van der Waals surface area contributed by atoms with Gasteiger partial charge in [-0.1, -0.05) is 41.6 Å². The monoisotopic (exact) mass is 226 g/mol. The number of benzene rings is 2. The molecule has 1 heterocycles. The second-order valence-electron chi connectivity index (χ2n) is 3.59. The second-order valence-corrected chi connectivity index (χ2v) is 3.59. The number of nitrogens with zero attached hydrogens (tertiary/aromatic N) is 3. The molecule has 0 fully saturated rings. The molecule has 0 amide bonds. The van der Waals surface area contributed by atoms with Gasteiger partial charge in [0.15, 0.2) is 6.61 Å². The molecule has 1 N–H and O–H groups in total. The lowest BCUT2D eigenvalue weighted by atomic mass is 10.1. The third kappa shape index (κ3) is 1.94. The number of aromatic nitrogens is 4. The van der Waals surface area contributed by atoms with Gasteiger partial charge in [0, 0.05) is 5.39 Å². The normalized spacial score (nSPS) is 10.6. The van der Waals surface area contributed by atoms with E-state index in [1.54, 1.807) is 0 Å². The lowest BCUT2D eigenvalue weighted by Gasteiger charge is -2.06. The molecule has 0 radical (unpaired) electrons. The number of nitrogens with one attached hydrogen (secondary N) is 1. The fourth-order valence-corrected chi connectivity index (χ4v) is 1.71. The molecule has 0 aliphatic carbocycles. The molecule has 0 aliphatic rings. The number of ether oxygens (including phenoxy) is 1. The van der Waals surface area contributed by atoms with Gasteiger partial charge in [-0.2, -0.15) is 5.21 Å². The number of H-pyrrole nitrogens is 1. The van der Waals surface area contributed by atoms with E-state index in [2.05, 4.69) is 32.8 Å². The maximum Gasteiger partial charge on any atom is 0.211 e. The van der Waals surface area contributed by atoms with E-state index < -0.39 is 0 Å². The van der Waals surface area contributed by atoms with Crippen molar-refractivity contribution < 1.29 is 4.74 Å². The molecule has 0 unspecified atom stereocenters. The number of tetrazole rings is 1. The molecule has 0 atom stereocenters. The highest BCUT2D eigenvalue weighted by atomic mass is 16.5. The maximum absolute atomic E-state index is 5.68. The number of rotatable bonds is 3. The van der Waals surface area contributed by atoms with Crippen LogP contribution in [0.25, 0.3) is 10.8 Å². The first-order valence-electron chi connectivity index (χ1n) is 5.26. The van der Waals surface area contributed by atoms with Gasteiger partial charge in [-0.3, -0.25) is 0 Å². The van der Waals surface area contributed by atoms with Crippen LogP contribution in [0.4, 0.5) is 0 Å². The predicted octanol–water partition coefficient (Wildman–Crippen LogP) is 1.93. The van der Waals surface area contributed by atoms with E-state index in [-0.39, 0.29) is 0 Å². The van der Waals surface area contributed by atoms with Gasteiger partial charge in [-0.15, -0.1) is 10.2 Å². The highest BCUT2D eigenvalue weighted by Gasteiger charge is 2.03. The average Bonchev–Trinajstić information content (AvgIpc) is 2.89. The molecule has 5 heteroatoms. The summed E-state index contributed by atoms with van der Waals surface area (Å²) in [4.78, 5) is 0. The van der Waals surface area contributed by atoms with Gasteiger partial charge in [0.2, 0.25) is 5.82 Å². The Morgan fingerprint density at radius 1 is 1.06 bits per heavy atom. The molecule has 0 bridgehead atoms. The van der Waals surface area contributed by atoms with Crippen LogP contribution >= 0.6 is 0 Å². The van der Waals surface area contributed by atoms with Crippen molar-refractivity contribution in [1.29, 1.82) is 0 Å². The minimum atomic E-state index is 0.310. The molecular formula is C12H10N4O. The van der Waals surface area contributed by atoms with Crippen molar-refractivity contribution in [3.63, 3.8) is 0 Å². The Labute approximate surface area is 97.4 Å². The van der Waals surface area contributed by atoms with Crippen LogP contribution in [0, 0.1) is 0 Å². The Balaban J connectivity index is 1.90. The maximum atomic E-state index is 5.68. The fourth-order valence-electron chi connectivity index (χ4n) is 1.71. The van der Waals surface area contributed by atoms with Crippen molar-refractivity contribution in [1.82, 2.24) is 20.6 Å². The lowest BCUT2D eigenvalue weighted by Crippen LogP contribution is -1.98. The van der Waals surface area contributed by atoms with E-state index in [1.807, 2.05) is 30.3 Å². The summed E-state index contributed by atoms with van der Waals surface area (Å²) in [5.41, 5.74) is 0. The van der Waals surface area contributed by atoms with Gasteiger partial charge in [-0.25, -0.2) is 0 Å². The molecule has 3 aromatic rings. The summed E-state index contributed by atoms with van der Waals surface area (Å²) in [7, 11) is 0. The van der Waals surface area contributed by atoms with Crippen molar-refractivity contribution in [3.05, 3.63) is 48.3 Å². The van der Waals surface area contributed by atoms with E-state index in [4.69, 9.17) is 4.74 Å². The predicted molar refractivity (Wildman–Crippen MR) is 62.5 cm³/mol. The molecule has 0 aliphatic heterocycles. The van der Waals surface area contributed by atoms with Gasteiger partial charge in [0.25, 0.3) is 0 Å². The number of fused-ring (bicyclic) bond motifs is 1. The van der Waals surface area contributed by atoms with Crippen LogP contribution in [0.2, 0.25) is 0 Å². The molecule has 2 aromatic carbocycles. The summed E-state index contributed by atoms with van der Waals surface area (Å²) in [5.74, 6) is 1.37. The van der Waals surface area contributed by atoms with Crippen LogP contribution in [0.1, 0.15) is 5.82 Å². The molecule has 0 saturated heterocycles. The van der Waals surface area contributed by atoms with Crippen molar-refractivity contribution in [3.8, 4) is 5.75 Å². The molecule has 1 aromatic heterocycles. The summed E-state index contributed by atoms with van der Waals surface area (Å²) < 4.78 is 5.68. The third-order valence-electron chi connectivity index (χ3n) is 2.50. The Morgan fingerprint density at radius 2 is 1.94 bits per heavy atom. The van der Waals surface area contributed by atoms with Crippen molar-refractivity contribution in [2.45, 2.75) is 6.61 Å². The van der Waals surface area contributed by atoms with Crippen molar-refractivity contribution >= 4 is 10.8 Å². The van der Waals surface area contributed by atoms with Crippen LogP contribution in [0.3, 0.4) is 0 Å². The molecule has 84 valence electrons. The minimum absolute atomic E-state index is 0.310. The molecule has 5 nitrogen and oxygen atoms in total. The summed E-state index contributed by atoms with van der Waals surface area (Å²) in [6.07, 6.45) is 0. The van der Waals surface area contributed by atoms with Gasteiger partial charge in [-0.05, 0) is 11.5 Å². The van der Waals surface area contributed by atoms with E-state index in [1.165, 1.54) is 0 Å². The van der Waals surface area contributed by atoms with Crippen LogP contribution in [-0.4, -0.2) is 20.6 Å². The largest absolute Gasteiger partial charge is 0.485 e. The number of hydrogen-bond acceptors (Lipinski definition) is 4. The Bertz CT molecular complexity index is 616. The summed E-state index contributed by atoms with van der Waals surface area (Å²) >= 11 is 0. The zero-order valence-electron chi connectivity index (χ0n) is 9.00. The quantitative estimate of drug-likeness (QED) is 0.741. The Morgan fingerprint density at radius 3 is 2.82 bits per heavy atom. The summed E-state index contributed by atoms with van der Waals surface area (Å²) in [6.45, 7) is 0.310. The van der Waals surface area contributed by atoms with Crippen molar-refractivity contribution in [2.24, 2.45) is 0 Å². The van der Waals surface area contributed by atoms with Gasteiger partial charge < -0.3 is 4.74 Å². The number of aromatic amines is 1. The van der Waals surface area contributed by atoms with Crippen LogP contribution < -0.4 is 4.74 Å². The molecule has 17 heavy (non-hydrogen) atoms. The zero-order valence-corrected chi connectivity index (χ0v) is 9.00. The lowest BCUT2D eigenvalue weighted by molar-refractivity contribution is 0.299. The first-order chi connectivity index (χ1) is 8.43. The average molecular weight is 226 g/mol. The van der Waals surface area contributed by atoms with E-state index in [0.717, 1.165) is 16.5 Å². The van der Waals surface area contributed by atoms with Crippen LogP contribution in [0.5, 0.6) is 5.75 Å². The van der Waals surface area contributed by atoms with E-state index >= 15 is 0 Å². The van der Waals surface area contributed by atoms with E-state index in [9.17, 15) is 0 Å². The first-order valence-corrected chi connectivity index (χ1v) is 5.26. The zero-order chi connectivity index (χ0) is 11.5. The molecule has 0 spiro atoms. The summed E-state index contributed by atoms with van der Waals surface area (Å²) in [5, 5.41) is 15.8. The van der Waals surface area contributed by atoms with Gasteiger partial charge in [0.05, 0.1) is 0 Å². The SMILES string of the molecule is c1ccc2c(OCc3nn[nH]n3)cccc2c1. The van der Waals surface area contributed by atoms with Gasteiger partial charge in [0.1, 0.15) is 5.75 Å². The van der Waals surface area contributed by atoms with Gasteiger partial charge >= 0.3 is 0 Å². The Kier molecular flexibility index (Phi) is 2.42. The fraction of sp³-hybridized carbons (Fsp3) is 0.0833. The molecule has 0 saturated carbocycles. The van der Waals surface area contributed by atoms with E-state index in [0.29, 0.717) is 12.4 Å². The van der Waals surface area contributed by atoms with Crippen LogP contribution in [-0.2, 0) is 6.61 Å². The first kappa shape index (κ1) is 9.77. The smallest absolute Gasteiger partial charge is 0.211 e. The number of hydrogen-bond donors (Lipinski definition) is 1. The third-order valence-corrected chi connectivity index (χ3v) is 2.50. The summed E-state index contributed by atoms with van der Waals surface area (Å²) in [6, 6.07) is 14.0. The molecular weight excluding hydrogens is 216 g/mol. The van der Waals surface area contributed by atoms with Crippen LogP contribution in [0.15, 0.2) is 42.5 Å². The topological polar surface area (TPSA) is 63.7 Å². The Hall–Kier alpha value is -2.43. The molecule has 3 rings (SSSR count). The highest BCUT2D eigenvalue weighted by molar-refractivity contribution is 5.88. The minimum Gasteiger partial charge on any atom is -0.485 e. The highest BCUT2D eigenvalue weighted by Crippen LogP contribution is 2.25. The standard InChI is InChI=1S/C12H10N4O/c1-2-6-10-9(4-1)5-3-7-11(10)17-8-12-13-15-16-14-12/h1-7H,8H2,(H,13,14,15,16). The second kappa shape index (κ2) is 4.21.